The lowest BCUT2D eigenvalue weighted by molar-refractivity contribution is -0.138. The van der Waals surface area contributed by atoms with Crippen LogP contribution in [0.1, 0.15) is 27.5 Å². The minimum Gasteiger partial charge on any atom is -0.481 e. The number of carboxylic acids is 1. The Bertz CT molecular complexity index is 781. The van der Waals surface area contributed by atoms with Crippen LogP contribution in [-0.4, -0.2) is 51.0 Å². The number of carboxylic acid groups (broad SMARTS) is 1. The predicted molar refractivity (Wildman–Crippen MR) is 95.7 cm³/mol. The first-order chi connectivity index (χ1) is 12.0. The fraction of sp³-hybridized carbons (Fsp3) is 0.353. The van der Waals surface area contributed by atoms with Gasteiger partial charge in [0, 0.05) is 29.9 Å². The van der Waals surface area contributed by atoms with Gasteiger partial charge in [0.25, 0.3) is 5.91 Å². The minimum absolute atomic E-state index is 0.0565. The summed E-state index contributed by atoms with van der Waals surface area (Å²) in [5.41, 5.74) is 1.13. The molecule has 2 aromatic rings. The molecule has 0 bridgehead atoms. The highest BCUT2D eigenvalue weighted by molar-refractivity contribution is 7.99. The van der Waals surface area contributed by atoms with Gasteiger partial charge in [-0.05, 0) is 17.7 Å². The maximum atomic E-state index is 13.3. The van der Waals surface area contributed by atoms with Gasteiger partial charge < -0.3 is 10.0 Å². The lowest BCUT2D eigenvalue weighted by Crippen LogP contribution is -2.47. The maximum absolute atomic E-state index is 13.3. The molecule has 8 heteroatoms. The van der Waals surface area contributed by atoms with Crippen LogP contribution < -0.4 is 0 Å². The summed E-state index contributed by atoms with van der Waals surface area (Å²) in [5, 5.41) is 11.5. The molecule has 1 atom stereocenters. The van der Waals surface area contributed by atoms with E-state index < -0.39 is 5.97 Å². The van der Waals surface area contributed by atoms with Crippen molar-refractivity contribution in [1.82, 2.24) is 9.88 Å². The highest BCUT2D eigenvalue weighted by Crippen LogP contribution is 2.23. The average molecular weight is 380 g/mol. The van der Waals surface area contributed by atoms with Crippen molar-refractivity contribution in [3.63, 3.8) is 0 Å². The van der Waals surface area contributed by atoms with Gasteiger partial charge in [-0.1, -0.05) is 12.1 Å². The largest absolute Gasteiger partial charge is 0.481 e. The third kappa shape index (κ3) is 4.58. The number of aromatic nitrogens is 1. The Labute approximate surface area is 152 Å². The molecule has 0 aliphatic carbocycles. The Kier molecular flexibility index (Phi) is 5.70. The Balaban J connectivity index is 1.72. The number of benzene rings is 1. The van der Waals surface area contributed by atoms with Gasteiger partial charge in [-0.25, -0.2) is 9.37 Å². The zero-order chi connectivity index (χ0) is 17.8. The van der Waals surface area contributed by atoms with Gasteiger partial charge in [-0.3, -0.25) is 9.59 Å². The summed E-state index contributed by atoms with van der Waals surface area (Å²) in [6.45, 7) is 0.526. The Morgan fingerprint density at radius 2 is 2.24 bits per heavy atom. The molecule has 0 spiro atoms. The standard InChI is InChI=1S/C17H17FN2O3S2/c18-12-3-1-2-11(6-12)7-15-19-14(10-25-15)17(23)20-4-5-24-9-13(20)8-16(21)22/h1-3,6,10,13H,4-5,7-9H2,(H,21,22). The summed E-state index contributed by atoms with van der Waals surface area (Å²) >= 11 is 3.01. The molecule has 25 heavy (non-hydrogen) atoms. The molecule has 1 saturated heterocycles. The van der Waals surface area contributed by atoms with Crippen molar-refractivity contribution in [3.8, 4) is 0 Å². The van der Waals surface area contributed by atoms with E-state index in [9.17, 15) is 14.0 Å². The third-order valence-corrected chi connectivity index (χ3v) is 5.85. The van der Waals surface area contributed by atoms with Crippen LogP contribution in [0.3, 0.4) is 0 Å². The van der Waals surface area contributed by atoms with Crippen LogP contribution in [0, 0.1) is 5.82 Å². The van der Waals surface area contributed by atoms with E-state index in [0.717, 1.165) is 16.3 Å². The van der Waals surface area contributed by atoms with Crippen LogP contribution in [0.15, 0.2) is 29.6 Å². The molecule has 5 nitrogen and oxygen atoms in total. The quantitative estimate of drug-likeness (QED) is 0.864. The van der Waals surface area contributed by atoms with E-state index in [-0.39, 0.29) is 24.2 Å². The molecule has 1 aliphatic rings. The second-order valence-electron chi connectivity index (χ2n) is 5.76. The number of amides is 1. The van der Waals surface area contributed by atoms with Crippen LogP contribution in [0.4, 0.5) is 4.39 Å². The highest BCUT2D eigenvalue weighted by atomic mass is 32.2. The Morgan fingerprint density at radius 3 is 3.00 bits per heavy atom. The van der Waals surface area contributed by atoms with E-state index in [1.54, 1.807) is 28.1 Å². The normalized spacial score (nSPS) is 17.5. The number of carbonyl (C=O) groups is 2. The molecular weight excluding hydrogens is 363 g/mol. The number of aliphatic carboxylic acids is 1. The summed E-state index contributed by atoms with van der Waals surface area (Å²) in [6, 6.07) is 5.99. The number of hydrogen-bond acceptors (Lipinski definition) is 5. The monoisotopic (exact) mass is 380 g/mol. The second-order valence-corrected chi connectivity index (χ2v) is 7.85. The molecule has 0 radical (unpaired) electrons. The first-order valence-electron chi connectivity index (χ1n) is 7.82. The topological polar surface area (TPSA) is 70.5 Å². The van der Waals surface area contributed by atoms with E-state index in [1.807, 2.05) is 6.07 Å². The van der Waals surface area contributed by atoms with E-state index in [0.29, 0.717) is 24.4 Å². The number of rotatable bonds is 5. The van der Waals surface area contributed by atoms with Crippen LogP contribution in [0.2, 0.25) is 0 Å². The Morgan fingerprint density at radius 1 is 1.40 bits per heavy atom. The lowest BCUT2D eigenvalue weighted by Gasteiger charge is -2.34. The number of halogens is 1. The highest BCUT2D eigenvalue weighted by Gasteiger charge is 2.30. The number of thiazole rings is 1. The van der Waals surface area contributed by atoms with Crippen LogP contribution in [0.25, 0.3) is 0 Å². The molecule has 132 valence electrons. The van der Waals surface area contributed by atoms with Crippen molar-refractivity contribution in [2.45, 2.75) is 18.9 Å². The Hall–Kier alpha value is -1.93. The fourth-order valence-electron chi connectivity index (χ4n) is 2.75. The number of carbonyl (C=O) groups excluding carboxylic acids is 1. The van der Waals surface area contributed by atoms with Crippen LogP contribution in [-0.2, 0) is 11.2 Å². The van der Waals surface area contributed by atoms with Gasteiger partial charge in [0.05, 0.1) is 17.5 Å². The van der Waals surface area contributed by atoms with Gasteiger partial charge in [0.2, 0.25) is 0 Å². The van der Waals surface area contributed by atoms with E-state index >= 15 is 0 Å². The molecule has 1 aromatic carbocycles. The minimum atomic E-state index is -0.907. The van der Waals surface area contributed by atoms with Gasteiger partial charge >= 0.3 is 5.97 Å². The SMILES string of the molecule is O=C(O)CC1CSCCN1C(=O)c1csc(Cc2cccc(F)c2)n1. The summed E-state index contributed by atoms with van der Waals surface area (Å²) in [7, 11) is 0. The molecule has 1 amide bonds. The van der Waals surface area contributed by atoms with Crippen LogP contribution in [0.5, 0.6) is 0 Å². The third-order valence-electron chi connectivity index (χ3n) is 3.91. The zero-order valence-corrected chi connectivity index (χ0v) is 15.0. The first kappa shape index (κ1) is 17.9. The predicted octanol–water partition coefficient (Wildman–Crippen LogP) is 2.91. The molecule has 3 rings (SSSR count). The summed E-state index contributed by atoms with van der Waals surface area (Å²) in [4.78, 5) is 29.7. The van der Waals surface area contributed by atoms with E-state index in [1.165, 1.54) is 23.5 Å². The second kappa shape index (κ2) is 7.97. The summed E-state index contributed by atoms with van der Waals surface area (Å²) < 4.78 is 13.3. The molecule has 1 unspecified atom stereocenters. The number of hydrogen-bond donors (Lipinski definition) is 1. The van der Waals surface area contributed by atoms with Crippen molar-refractivity contribution in [3.05, 3.63) is 51.7 Å². The lowest BCUT2D eigenvalue weighted by atomic mass is 10.1. The molecule has 1 N–H and O–H groups in total. The van der Waals surface area contributed by atoms with Gasteiger partial charge in [-0.15, -0.1) is 11.3 Å². The van der Waals surface area contributed by atoms with Gasteiger partial charge in [0.1, 0.15) is 11.5 Å². The molecule has 2 heterocycles. The zero-order valence-electron chi connectivity index (χ0n) is 13.4. The van der Waals surface area contributed by atoms with Crippen LogP contribution >= 0.6 is 23.1 Å². The van der Waals surface area contributed by atoms with Crippen molar-refractivity contribution >= 4 is 35.0 Å². The van der Waals surface area contributed by atoms with E-state index in [4.69, 9.17) is 5.11 Å². The molecular formula is C17H17FN2O3S2. The van der Waals surface area contributed by atoms with Crippen molar-refractivity contribution < 1.29 is 19.1 Å². The van der Waals surface area contributed by atoms with Crippen molar-refractivity contribution in [2.24, 2.45) is 0 Å². The van der Waals surface area contributed by atoms with Crippen molar-refractivity contribution in [1.29, 1.82) is 0 Å². The average Bonchev–Trinajstić information content (AvgIpc) is 3.03. The maximum Gasteiger partial charge on any atom is 0.305 e. The van der Waals surface area contributed by atoms with Gasteiger partial charge in [0.15, 0.2) is 0 Å². The number of thioether (sulfide) groups is 1. The molecule has 0 saturated carbocycles. The number of nitrogens with zero attached hydrogens (tertiary/aromatic N) is 2. The fourth-order valence-corrected chi connectivity index (χ4v) is 4.62. The molecule has 1 fully saturated rings. The molecule has 1 aromatic heterocycles. The summed E-state index contributed by atoms with van der Waals surface area (Å²) in [6.07, 6.45) is 0.406. The summed E-state index contributed by atoms with van der Waals surface area (Å²) in [5.74, 6) is -0.0168. The van der Waals surface area contributed by atoms with Gasteiger partial charge in [-0.2, -0.15) is 11.8 Å². The molecule has 1 aliphatic heterocycles. The van der Waals surface area contributed by atoms with E-state index in [2.05, 4.69) is 4.98 Å². The first-order valence-corrected chi connectivity index (χ1v) is 9.85. The van der Waals surface area contributed by atoms with Crippen molar-refractivity contribution in [2.75, 3.05) is 18.1 Å². The smallest absolute Gasteiger partial charge is 0.305 e.